The highest BCUT2D eigenvalue weighted by Crippen LogP contribution is 2.08. The van der Waals surface area contributed by atoms with Crippen molar-refractivity contribution < 1.29 is 4.74 Å². The maximum atomic E-state index is 5.54. The first-order chi connectivity index (χ1) is 5.20. The molecule has 0 spiro atoms. The van der Waals surface area contributed by atoms with Gasteiger partial charge in [-0.1, -0.05) is 40.5 Å². The second kappa shape index (κ2) is 6.66. The molecule has 68 valence electrons. The molecule has 0 aromatic heterocycles. The summed E-state index contributed by atoms with van der Waals surface area (Å²) in [6, 6.07) is 0. The SMILES string of the molecule is CCC(CC)COCC(C)C. The van der Waals surface area contributed by atoms with Gasteiger partial charge in [-0.3, -0.25) is 0 Å². The Labute approximate surface area is 71.1 Å². The Hall–Kier alpha value is -0.0400. The van der Waals surface area contributed by atoms with Gasteiger partial charge in [0, 0.05) is 13.2 Å². The molecule has 0 aromatic carbocycles. The molecule has 1 nitrogen and oxygen atoms in total. The molecule has 0 saturated heterocycles. The van der Waals surface area contributed by atoms with Gasteiger partial charge in [-0.25, -0.2) is 0 Å². The highest BCUT2D eigenvalue weighted by Gasteiger charge is 2.03. The average molecular weight is 158 g/mol. The topological polar surface area (TPSA) is 9.23 Å². The third-order valence-corrected chi connectivity index (χ3v) is 1.96. The first-order valence-electron chi connectivity index (χ1n) is 4.78. The van der Waals surface area contributed by atoms with Crippen LogP contribution < -0.4 is 0 Å². The predicted octanol–water partition coefficient (Wildman–Crippen LogP) is 3.10. The first kappa shape index (κ1) is 11.0. The molecule has 0 aliphatic rings. The van der Waals surface area contributed by atoms with E-state index in [0.717, 1.165) is 19.1 Å². The molecule has 0 unspecified atom stereocenters. The molecular weight excluding hydrogens is 136 g/mol. The molecule has 0 fully saturated rings. The van der Waals surface area contributed by atoms with Crippen LogP contribution in [0.4, 0.5) is 0 Å². The number of ether oxygens (including phenoxy) is 1. The van der Waals surface area contributed by atoms with Crippen LogP contribution in [0.2, 0.25) is 0 Å². The van der Waals surface area contributed by atoms with Gasteiger partial charge in [0.25, 0.3) is 0 Å². The average Bonchev–Trinajstić information content (AvgIpc) is 1.98. The molecule has 11 heavy (non-hydrogen) atoms. The fourth-order valence-corrected chi connectivity index (χ4v) is 0.995. The molecule has 0 amide bonds. The Bertz CT molecular complexity index is 74.9. The minimum Gasteiger partial charge on any atom is -0.381 e. The van der Waals surface area contributed by atoms with E-state index >= 15 is 0 Å². The summed E-state index contributed by atoms with van der Waals surface area (Å²) in [6.07, 6.45) is 2.49. The second-order valence-electron chi connectivity index (χ2n) is 3.61. The van der Waals surface area contributed by atoms with Gasteiger partial charge in [-0.15, -0.1) is 0 Å². The van der Waals surface area contributed by atoms with Crippen molar-refractivity contribution in [3.8, 4) is 0 Å². The maximum Gasteiger partial charge on any atom is 0.0494 e. The molecule has 0 rings (SSSR count). The Morgan fingerprint density at radius 3 is 1.91 bits per heavy atom. The van der Waals surface area contributed by atoms with Crippen LogP contribution in [0.1, 0.15) is 40.5 Å². The van der Waals surface area contributed by atoms with Crippen molar-refractivity contribution in [2.45, 2.75) is 40.5 Å². The van der Waals surface area contributed by atoms with Crippen molar-refractivity contribution in [3.63, 3.8) is 0 Å². The number of rotatable bonds is 6. The van der Waals surface area contributed by atoms with E-state index in [-0.39, 0.29) is 0 Å². The third-order valence-electron chi connectivity index (χ3n) is 1.96. The van der Waals surface area contributed by atoms with E-state index in [2.05, 4.69) is 27.7 Å². The van der Waals surface area contributed by atoms with Gasteiger partial charge in [0.05, 0.1) is 0 Å². The van der Waals surface area contributed by atoms with Gasteiger partial charge < -0.3 is 4.74 Å². The first-order valence-corrected chi connectivity index (χ1v) is 4.78. The molecule has 0 saturated carbocycles. The van der Waals surface area contributed by atoms with E-state index in [0.29, 0.717) is 5.92 Å². The van der Waals surface area contributed by atoms with Gasteiger partial charge in [0.2, 0.25) is 0 Å². The maximum absolute atomic E-state index is 5.54. The normalized spacial score (nSPS) is 11.5. The fraction of sp³-hybridized carbons (Fsp3) is 1.00. The van der Waals surface area contributed by atoms with Crippen LogP contribution in [0, 0.1) is 11.8 Å². The van der Waals surface area contributed by atoms with Crippen molar-refractivity contribution >= 4 is 0 Å². The van der Waals surface area contributed by atoms with Crippen LogP contribution in [0.15, 0.2) is 0 Å². The molecule has 0 heterocycles. The quantitative estimate of drug-likeness (QED) is 0.577. The Morgan fingerprint density at radius 2 is 1.55 bits per heavy atom. The molecule has 0 radical (unpaired) electrons. The lowest BCUT2D eigenvalue weighted by molar-refractivity contribution is 0.0771. The minimum atomic E-state index is 0.671. The van der Waals surface area contributed by atoms with Crippen LogP contribution >= 0.6 is 0 Å². The van der Waals surface area contributed by atoms with E-state index in [1.165, 1.54) is 12.8 Å². The third kappa shape index (κ3) is 6.36. The summed E-state index contributed by atoms with van der Waals surface area (Å²) in [5.41, 5.74) is 0. The molecule has 0 bridgehead atoms. The standard InChI is InChI=1S/C10H22O/c1-5-10(6-2)8-11-7-9(3)4/h9-10H,5-8H2,1-4H3. The van der Waals surface area contributed by atoms with Crippen molar-refractivity contribution in [1.82, 2.24) is 0 Å². The zero-order valence-electron chi connectivity index (χ0n) is 8.39. The zero-order valence-corrected chi connectivity index (χ0v) is 8.39. The largest absolute Gasteiger partial charge is 0.381 e. The monoisotopic (exact) mass is 158 g/mol. The smallest absolute Gasteiger partial charge is 0.0494 e. The van der Waals surface area contributed by atoms with Gasteiger partial charge in [-0.05, 0) is 11.8 Å². The van der Waals surface area contributed by atoms with Crippen LogP contribution in [-0.4, -0.2) is 13.2 Å². The highest BCUT2D eigenvalue weighted by atomic mass is 16.5. The summed E-state index contributed by atoms with van der Waals surface area (Å²) in [5.74, 6) is 1.44. The Kier molecular flexibility index (Phi) is 6.63. The summed E-state index contributed by atoms with van der Waals surface area (Å²) in [6.45, 7) is 10.7. The van der Waals surface area contributed by atoms with Crippen LogP contribution in [0.5, 0.6) is 0 Å². The molecule has 0 N–H and O–H groups in total. The summed E-state index contributed by atoms with van der Waals surface area (Å²) < 4.78 is 5.54. The Morgan fingerprint density at radius 1 is 1.00 bits per heavy atom. The van der Waals surface area contributed by atoms with Crippen molar-refractivity contribution in [2.75, 3.05) is 13.2 Å². The fourth-order valence-electron chi connectivity index (χ4n) is 0.995. The zero-order chi connectivity index (χ0) is 8.69. The van der Waals surface area contributed by atoms with Crippen molar-refractivity contribution in [2.24, 2.45) is 11.8 Å². The van der Waals surface area contributed by atoms with Crippen LogP contribution in [-0.2, 0) is 4.74 Å². The van der Waals surface area contributed by atoms with Crippen molar-refractivity contribution in [1.29, 1.82) is 0 Å². The number of hydrogen-bond donors (Lipinski definition) is 0. The molecule has 0 aliphatic carbocycles. The molecule has 0 atom stereocenters. The lowest BCUT2D eigenvalue weighted by atomic mass is 10.1. The van der Waals surface area contributed by atoms with Crippen LogP contribution in [0.25, 0.3) is 0 Å². The van der Waals surface area contributed by atoms with Gasteiger partial charge in [0.1, 0.15) is 0 Å². The van der Waals surface area contributed by atoms with E-state index in [9.17, 15) is 0 Å². The van der Waals surface area contributed by atoms with E-state index in [1.807, 2.05) is 0 Å². The molecule has 0 aromatic rings. The van der Waals surface area contributed by atoms with Gasteiger partial charge in [-0.2, -0.15) is 0 Å². The lowest BCUT2D eigenvalue weighted by Crippen LogP contribution is -2.10. The Balaban J connectivity index is 3.21. The number of hydrogen-bond acceptors (Lipinski definition) is 1. The summed E-state index contributed by atoms with van der Waals surface area (Å²) >= 11 is 0. The van der Waals surface area contributed by atoms with Crippen molar-refractivity contribution in [3.05, 3.63) is 0 Å². The lowest BCUT2D eigenvalue weighted by Gasteiger charge is -2.13. The van der Waals surface area contributed by atoms with Crippen LogP contribution in [0.3, 0.4) is 0 Å². The van der Waals surface area contributed by atoms with E-state index in [4.69, 9.17) is 4.74 Å². The summed E-state index contributed by atoms with van der Waals surface area (Å²) in [7, 11) is 0. The summed E-state index contributed by atoms with van der Waals surface area (Å²) in [4.78, 5) is 0. The van der Waals surface area contributed by atoms with Gasteiger partial charge in [0.15, 0.2) is 0 Å². The highest BCUT2D eigenvalue weighted by molar-refractivity contribution is 4.52. The second-order valence-corrected chi connectivity index (χ2v) is 3.61. The van der Waals surface area contributed by atoms with Gasteiger partial charge >= 0.3 is 0 Å². The van der Waals surface area contributed by atoms with E-state index < -0.39 is 0 Å². The predicted molar refractivity (Wildman–Crippen MR) is 49.7 cm³/mol. The minimum absolute atomic E-state index is 0.671. The van der Waals surface area contributed by atoms with E-state index in [1.54, 1.807) is 0 Å². The molecule has 1 heteroatoms. The summed E-state index contributed by atoms with van der Waals surface area (Å²) in [5, 5.41) is 0. The molecular formula is C10H22O. The molecule has 0 aliphatic heterocycles.